The number of anilines is 1. The van der Waals surface area contributed by atoms with Gasteiger partial charge in [-0.2, -0.15) is 4.39 Å². The number of halogens is 2. The molecule has 0 bridgehead atoms. The molecule has 2 aromatic rings. The average Bonchev–Trinajstić information content (AvgIpc) is 2.33. The number of pyridine rings is 2. The molecular weight excluding hydrogens is 301 g/mol. The van der Waals surface area contributed by atoms with E-state index in [0.29, 0.717) is 5.82 Å². The van der Waals surface area contributed by atoms with Gasteiger partial charge in [0.25, 0.3) is 5.91 Å². The first-order valence-corrected chi connectivity index (χ1v) is 5.90. The molecule has 1 N–H and O–H groups in total. The van der Waals surface area contributed by atoms with Gasteiger partial charge in [-0.3, -0.25) is 4.79 Å². The summed E-state index contributed by atoms with van der Waals surface area (Å²) < 4.78 is 13.5. The van der Waals surface area contributed by atoms with Gasteiger partial charge in [0, 0.05) is 16.9 Å². The van der Waals surface area contributed by atoms with Crippen LogP contribution in [0, 0.1) is 12.9 Å². The van der Waals surface area contributed by atoms with Crippen molar-refractivity contribution in [3.05, 3.63) is 52.1 Å². The number of aromatic nitrogens is 2. The molecule has 0 aliphatic heterocycles. The van der Waals surface area contributed by atoms with Gasteiger partial charge < -0.3 is 5.32 Å². The number of hydrogen-bond acceptors (Lipinski definition) is 3. The van der Waals surface area contributed by atoms with Crippen LogP contribution < -0.4 is 5.32 Å². The highest BCUT2D eigenvalue weighted by atomic mass is 79.9. The molecule has 6 heteroatoms. The van der Waals surface area contributed by atoms with E-state index >= 15 is 0 Å². The predicted octanol–water partition coefficient (Wildman–Crippen LogP) is 2.94. The highest BCUT2D eigenvalue weighted by molar-refractivity contribution is 9.10. The van der Waals surface area contributed by atoms with Crippen molar-refractivity contribution in [2.45, 2.75) is 6.92 Å². The number of nitrogens with one attached hydrogen (secondary N) is 1. The standard InChI is InChI=1S/C12H9BrFN3O/c1-7-4-9(13)6-16-11(7)17-12(18)8-2-3-10(14)15-5-8/h2-6H,1H3,(H,16,17,18). The number of rotatable bonds is 2. The van der Waals surface area contributed by atoms with E-state index in [4.69, 9.17) is 0 Å². The van der Waals surface area contributed by atoms with E-state index < -0.39 is 5.95 Å². The highest BCUT2D eigenvalue weighted by Crippen LogP contribution is 2.17. The summed E-state index contributed by atoms with van der Waals surface area (Å²) in [5.74, 6) is -0.530. The Labute approximate surface area is 111 Å². The molecule has 0 fully saturated rings. The fourth-order valence-corrected chi connectivity index (χ4v) is 1.81. The number of nitrogens with zero attached hydrogens (tertiary/aromatic N) is 2. The summed E-state index contributed by atoms with van der Waals surface area (Å²) in [7, 11) is 0. The molecule has 0 saturated heterocycles. The summed E-state index contributed by atoms with van der Waals surface area (Å²) in [5, 5.41) is 2.64. The van der Waals surface area contributed by atoms with Crippen LogP contribution in [-0.2, 0) is 0 Å². The molecule has 2 aromatic heterocycles. The summed E-state index contributed by atoms with van der Waals surface area (Å²) >= 11 is 3.29. The average molecular weight is 310 g/mol. The lowest BCUT2D eigenvalue weighted by Gasteiger charge is -2.07. The lowest BCUT2D eigenvalue weighted by Crippen LogP contribution is -2.14. The molecule has 4 nitrogen and oxygen atoms in total. The van der Waals surface area contributed by atoms with Crippen molar-refractivity contribution in [3.8, 4) is 0 Å². The van der Waals surface area contributed by atoms with Gasteiger partial charge in [-0.05, 0) is 46.6 Å². The van der Waals surface area contributed by atoms with Crippen molar-refractivity contribution in [3.63, 3.8) is 0 Å². The molecule has 18 heavy (non-hydrogen) atoms. The van der Waals surface area contributed by atoms with Crippen LogP contribution in [0.4, 0.5) is 10.2 Å². The first-order chi connectivity index (χ1) is 8.56. The second-order valence-corrected chi connectivity index (χ2v) is 4.56. The Morgan fingerprint density at radius 2 is 2.11 bits per heavy atom. The Morgan fingerprint density at radius 1 is 1.33 bits per heavy atom. The van der Waals surface area contributed by atoms with Gasteiger partial charge >= 0.3 is 0 Å². The van der Waals surface area contributed by atoms with E-state index in [1.807, 2.05) is 13.0 Å². The first-order valence-electron chi connectivity index (χ1n) is 5.11. The molecule has 0 saturated carbocycles. The molecule has 0 aromatic carbocycles. The van der Waals surface area contributed by atoms with Crippen molar-refractivity contribution in [1.82, 2.24) is 9.97 Å². The normalized spacial score (nSPS) is 10.2. The molecule has 2 rings (SSSR count). The van der Waals surface area contributed by atoms with Crippen LogP contribution in [0.25, 0.3) is 0 Å². The fraction of sp³-hybridized carbons (Fsp3) is 0.0833. The molecule has 0 unspecified atom stereocenters. The second kappa shape index (κ2) is 5.22. The van der Waals surface area contributed by atoms with Crippen LogP contribution in [0.1, 0.15) is 15.9 Å². The Bertz CT molecular complexity index is 586. The SMILES string of the molecule is Cc1cc(Br)cnc1NC(=O)c1ccc(F)nc1. The number of amides is 1. The zero-order valence-corrected chi connectivity index (χ0v) is 11.0. The zero-order chi connectivity index (χ0) is 13.1. The van der Waals surface area contributed by atoms with Crippen LogP contribution in [0.5, 0.6) is 0 Å². The van der Waals surface area contributed by atoms with Crippen molar-refractivity contribution < 1.29 is 9.18 Å². The number of carbonyl (C=O) groups is 1. The van der Waals surface area contributed by atoms with Crippen LogP contribution in [0.2, 0.25) is 0 Å². The fourth-order valence-electron chi connectivity index (χ4n) is 1.36. The topological polar surface area (TPSA) is 54.9 Å². The predicted molar refractivity (Wildman–Crippen MR) is 68.8 cm³/mol. The van der Waals surface area contributed by atoms with E-state index in [2.05, 4.69) is 31.2 Å². The van der Waals surface area contributed by atoms with Gasteiger partial charge in [0.05, 0.1) is 5.56 Å². The lowest BCUT2D eigenvalue weighted by molar-refractivity contribution is 0.102. The summed E-state index contributed by atoms with van der Waals surface area (Å²) in [6.07, 6.45) is 2.77. The van der Waals surface area contributed by atoms with Crippen LogP contribution in [0.15, 0.2) is 35.1 Å². The summed E-state index contributed by atoms with van der Waals surface area (Å²) in [5.41, 5.74) is 1.10. The Morgan fingerprint density at radius 3 is 2.72 bits per heavy atom. The molecular formula is C12H9BrFN3O. The molecule has 1 amide bonds. The minimum absolute atomic E-state index is 0.278. The lowest BCUT2D eigenvalue weighted by atomic mass is 10.2. The Kier molecular flexibility index (Phi) is 3.66. The van der Waals surface area contributed by atoms with Gasteiger partial charge in [-0.1, -0.05) is 0 Å². The molecule has 0 aliphatic carbocycles. The molecule has 0 aliphatic rings. The maximum atomic E-state index is 12.6. The maximum Gasteiger partial charge on any atom is 0.258 e. The largest absolute Gasteiger partial charge is 0.306 e. The van der Waals surface area contributed by atoms with E-state index in [-0.39, 0.29) is 11.5 Å². The van der Waals surface area contributed by atoms with E-state index in [9.17, 15) is 9.18 Å². The molecule has 0 spiro atoms. The van der Waals surface area contributed by atoms with Gasteiger partial charge in [0.15, 0.2) is 0 Å². The Balaban J connectivity index is 2.18. The quantitative estimate of drug-likeness (QED) is 0.868. The van der Waals surface area contributed by atoms with Crippen LogP contribution in [0.3, 0.4) is 0 Å². The van der Waals surface area contributed by atoms with Gasteiger partial charge in [0.1, 0.15) is 5.82 Å². The minimum atomic E-state index is -0.621. The third-order valence-electron chi connectivity index (χ3n) is 2.27. The van der Waals surface area contributed by atoms with Crippen LogP contribution >= 0.6 is 15.9 Å². The smallest absolute Gasteiger partial charge is 0.258 e. The van der Waals surface area contributed by atoms with Crippen molar-refractivity contribution in [2.75, 3.05) is 5.32 Å². The highest BCUT2D eigenvalue weighted by Gasteiger charge is 2.09. The maximum absolute atomic E-state index is 12.6. The zero-order valence-electron chi connectivity index (χ0n) is 9.45. The van der Waals surface area contributed by atoms with Gasteiger partial charge in [0.2, 0.25) is 5.95 Å². The van der Waals surface area contributed by atoms with Crippen molar-refractivity contribution in [2.24, 2.45) is 0 Å². The second-order valence-electron chi connectivity index (χ2n) is 3.64. The molecule has 0 radical (unpaired) electrons. The van der Waals surface area contributed by atoms with E-state index in [1.165, 1.54) is 12.3 Å². The van der Waals surface area contributed by atoms with Gasteiger partial charge in [-0.25, -0.2) is 9.97 Å². The summed E-state index contributed by atoms with van der Waals surface area (Å²) in [4.78, 5) is 19.3. The van der Waals surface area contributed by atoms with Crippen molar-refractivity contribution in [1.29, 1.82) is 0 Å². The van der Waals surface area contributed by atoms with Crippen LogP contribution in [-0.4, -0.2) is 15.9 Å². The molecule has 0 atom stereocenters. The number of hydrogen-bond donors (Lipinski definition) is 1. The monoisotopic (exact) mass is 309 g/mol. The summed E-state index contributed by atoms with van der Waals surface area (Å²) in [6, 6.07) is 4.34. The van der Waals surface area contributed by atoms with E-state index in [0.717, 1.165) is 16.1 Å². The molecule has 92 valence electrons. The van der Waals surface area contributed by atoms with Gasteiger partial charge in [-0.15, -0.1) is 0 Å². The minimum Gasteiger partial charge on any atom is -0.306 e. The Hall–Kier alpha value is -1.82. The first kappa shape index (κ1) is 12.6. The summed E-state index contributed by atoms with van der Waals surface area (Å²) in [6.45, 7) is 1.83. The number of aryl methyl sites for hydroxylation is 1. The third kappa shape index (κ3) is 2.89. The van der Waals surface area contributed by atoms with Crippen molar-refractivity contribution >= 4 is 27.7 Å². The number of carbonyl (C=O) groups excluding carboxylic acids is 1. The molecule has 2 heterocycles. The third-order valence-corrected chi connectivity index (χ3v) is 2.70. The van der Waals surface area contributed by atoms with E-state index in [1.54, 1.807) is 6.20 Å².